The highest BCUT2D eigenvalue weighted by Crippen LogP contribution is 2.30. The lowest BCUT2D eigenvalue weighted by Gasteiger charge is -2.34. The second-order valence-electron chi connectivity index (χ2n) is 6.39. The van der Waals surface area contributed by atoms with Crippen LogP contribution in [0.15, 0.2) is 24.3 Å². The summed E-state index contributed by atoms with van der Waals surface area (Å²) in [6.07, 6.45) is 7.31. The van der Waals surface area contributed by atoms with Crippen molar-refractivity contribution in [2.75, 3.05) is 24.5 Å². The van der Waals surface area contributed by atoms with Crippen LogP contribution < -0.4 is 4.90 Å². The van der Waals surface area contributed by atoms with E-state index in [1.54, 1.807) is 0 Å². The molecule has 3 nitrogen and oxygen atoms in total. The number of nitrogens with zero attached hydrogens (tertiary/aromatic N) is 2. The third-order valence-corrected chi connectivity index (χ3v) is 4.97. The minimum Gasteiger partial charge on any atom is -0.324 e. The van der Waals surface area contributed by atoms with E-state index in [4.69, 9.17) is 0 Å². The number of piperidine rings is 1. The van der Waals surface area contributed by atoms with Gasteiger partial charge in [0.05, 0.1) is 0 Å². The molecule has 0 aromatic heterocycles. The van der Waals surface area contributed by atoms with E-state index in [2.05, 4.69) is 30.0 Å². The van der Waals surface area contributed by atoms with Gasteiger partial charge in [-0.05, 0) is 36.8 Å². The smallest absolute Gasteiger partial charge is 0.324 e. The van der Waals surface area contributed by atoms with E-state index < -0.39 is 0 Å². The molecule has 0 aliphatic carbocycles. The van der Waals surface area contributed by atoms with Gasteiger partial charge in [-0.3, -0.25) is 4.90 Å². The van der Waals surface area contributed by atoms with Gasteiger partial charge in [0.2, 0.25) is 0 Å². The third-order valence-electron chi connectivity index (χ3n) is 4.97. The first-order valence-electron chi connectivity index (χ1n) is 8.44. The van der Waals surface area contributed by atoms with Crippen LogP contribution in [0.2, 0.25) is 0 Å². The molecule has 1 aromatic carbocycles. The van der Waals surface area contributed by atoms with Gasteiger partial charge in [0.1, 0.15) is 0 Å². The molecular formula is C18H26N2O. The molecule has 0 atom stereocenters. The van der Waals surface area contributed by atoms with Crippen molar-refractivity contribution in [1.82, 2.24) is 4.90 Å². The molecule has 0 spiro atoms. The van der Waals surface area contributed by atoms with Crippen LogP contribution in [0.5, 0.6) is 0 Å². The largest absolute Gasteiger partial charge is 0.324 e. The number of urea groups is 1. The Morgan fingerprint density at radius 2 is 1.95 bits per heavy atom. The molecular weight excluding hydrogens is 260 g/mol. The van der Waals surface area contributed by atoms with E-state index >= 15 is 0 Å². The Bertz CT molecular complexity index is 492. The lowest BCUT2D eigenvalue weighted by atomic mass is 9.92. The van der Waals surface area contributed by atoms with Gasteiger partial charge in [0, 0.05) is 25.3 Å². The lowest BCUT2D eigenvalue weighted by Crippen LogP contribution is -2.46. The van der Waals surface area contributed by atoms with Crippen molar-refractivity contribution >= 4 is 11.7 Å². The van der Waals surface area contributed by atoms with Gasteiger partial charge < -0.3 is 4.90 Å². The number of benzene rings is 1. The molecule has 0 N–H and O–H groups in total. The van der Waals surface area contributed by atoms with Crippen molar-refractivity contribution in [2.45, 2.75) is 45.4 Å². The number of hydrogen-bond acceptors (Lipinski definition) is 1. The number of carbonyl (C=O) groups excluding carboxylic acids is 1. The Morgan fingerprint density at radius 1 is 1.19 bits per heavy atom. The molecule has 21 heavy (non-hydrogen) atoms. The highest BCUT2D eigenvalue weighted by atomic mass is 16.2. The maximum Gasteiger partial charge on any atom is 0.324 e. The first-order chi connectivity index (χ1) is 10.3. The zero-order chi connectivity index (χ0) is 14.7. The molecule has 0 unspecified atom stereocenters. The number of hydrogen-bond donors (Lipinski definition) is 0. The maximum absolute atomic E-state index is 12.7. The summed E-state index contributed by atoms with van der Waals surface area (Å²) in [5.74, 6) is 0.833. The fraction of sp³-hybridized carbons (Fsp3) is 0.611. The van der Waals surface area contributed by atoms with Gasteiger partial charge in [-0.2, -0.15) is 0 Å². The van der Waals surface area contributed by atoms with Crippen LogP contribution in [0.1, 0.15) is 44.6 Å². The van der Waals surface area contributed by atoms with Gasteiger partial charge in [-0.25, -0.2) is 4.79 Å². The minimum atomic E-state index is 0.217. The molecule has 1 saturated heterocycles. The van der Waals surface area contributed by atoms with Gasteiger partial charge in [0.25, 0.3) is 0 Å². The lowest BCUT2D eigenvalue weighted by molar-refractivity contribution is 0.173. The summed E-state index contributed by atoms with van der Waals surface area (Å²) in [5.41, 5.74) is 2.43. The summed E-state index contributed by atoms with van der Waals surface area (Å²) in [6, 6.07) is 8.52. The number of rotatable bonds is 3. The van der Waals surface area contributed by atoms with Gasteiger partial charge in [0.15, 0.2) is 0 Å². The number of para-hydroxylation sites is 1. The molecule has 114 valence electrons. The summed E-state index contributed by atoms with van der Waals surface area (Å²) >= 11 is 0. The molecule has 2 heterocycles. The van der Waals surface area contributed by atoms with Crippen molar-refractivity contribution in [3.8, 4) is 0 Å². The summed E-state index contributed by atoms with van der Waals surface area (Å²) in [6.45, 7) is 4.97. The fourth-order valence-electron chi connectivity index (χ4n) is 3.61. The second-order valence-corrected chi connectivity index (χ2v) is 6.39. The predicted molar refractivity (Wildman–Crippen MR) is 86.7 cm³/mol. The predicted octanol–water partition coefficient (Wildman–Crippen LogP) is 4.07. The van der Waals surface area contributed by atoms with E-state index in [0.717, 1.165) is 37.7 Å². The van der Waals surface area contributed by atoms with E-state index in [1.165, 1.54) is 37.7 Å². The number of amides is 2. The quantitative estimate of drug-likeness (QED) is 0.821. The molecule has 1 fully saturated rings. The number of likely N-dealkylation sites (tertiary alicyclic amines) is 1. The van der Waals surface area contributed by atoms with Crippen molar-refractivity contribution < 1.29 is 4.79 Å². The molecule has 0 saturated carbocycles. The maximum atomic E-state index is 12.7. The first-order valence-corrected chi connectivity index (χ1v) is 8.44. The number of carbonyl (C=O) groups is 1. The average Bonchev–Trinajstić information content (AvgIpc) is 2.97. The van der Waals surface area contributed by atoms with Gasteiger partial charge in [-0.15, -0.1) is 0 Å². The standard InChI is InChI=1S/C18H26N2O/c1-2-3-6-15-9-12-19(13-10-15)18(21)20-14-11-16-7-4-5-8-17(16)20/h4-5,7-8,15H,2-3,6,9-14H2,1H3. The second kappa shape index (κ2) is 6.50. The highest BCUT2D eigenvalue weighted by molar-refractivity contribution is 5.94. The molecule has 2 aliphatic rings. The van der Waals surface area contributed by atoms with E-state index in [1.807, 2.05) is 11.0 Å². The Labute approximate surface area is 127 Å². The van der Waals surface area contributed by atoms with Gasteiger partial charge >= 0.3 is 6.03 Å². The summed E-state index contributed by atoms with van der Waals surface area (Å²) < 4.78 is 0. The molecule has 0 radical (unpaired) electrons. The molecule has 0 bridgehead atoms. The number of anilines is 1. The Hall–Kier alpha value is -1.51. The molecule has 1 aromatic rings. The van der Waals surface area contributed by atoms with Crippen molar-refractivity contribution in [3.63, 3.8) is 0 Å². The van der Waals surface area contributed by atoms with Crippen LogP contribution in [-0.4, -0.2) is 30.6 Å². The molecule has 2 aliphatic heterocycles. The Morgan fingerprint density at radius 3 is 2.71 bits per heavy atom. The van der Waals surface area contributed by atoms with Crippen LogP contribution in [0.4, 0.5) is 10.5 Å². The number of fused-ring (bicyclic) bond motifs is 1. The van der Waals surface area contributed by atoms with Crippen molar-refractivity contribution in [3.05, 3.63) is 29.8 Å². The van der Waals surface area contributed by atoms with Crippen molar-refractivity contribution in [2.24, 2.45) is 5.92 Å². The van der Waals surface area contributed by atoms with E-state index in [0.29, 0.717) is 0 Å². The molecule has 2 amide bonds. The van der Waals surface area contributed by atoms with E-state index in [-0.39, 0.29) is 6.03 Å². The summed E-state index contributed by atoms with van der Waals surface area (Å²) in [7, 11) is 0. The van der Waals surface area contributed by atoms with E-state index in [9.17, 15) is 4.79 Å². The topological polar surface area (TPSA) is 23.6 Å². The van der Waals surface area contributed by atoms with Crippen LogP contribution in [0.3, 0.4) is 0 Å². The Balaban J connectivity index is 1.58. The van der Waals surface area contributed by atoms with Crippen LogP contribution in [0.25, 0.3) is 0 Å². The Kier molecular flexibility index (Phi) is 4.47. The molecule has 3 rings (SSSR count). The van der Waals surface area contributed by atoms with Crippen LogP contribution >= 0.6 is 0 Å². The average molecular weight is 286 g/mol. The van der Waals surface area contributed by atoms with Gasteiger partial charge in [-0.1, -0.05) is 44.4 Å². The highest BCUT2D eigenvalue weighted by Gasteiger charge is 2.30. The monoisotopic (exact) mass is 286 g/mol. The zero-order valence-corrected chi connectivity index (χ0v) is 13.1. The fourth-order valence-corrected chi connectivity index (χ4v) is 3.61. The normalized spacial score (nSPS) is 18.9. The summed E-state index contributed by atoms with van der Waals surface area (Å²) in [5, 5.41) is 0. The van der Waals surface area contributed by atoms with Crippen LogP contribution in [0, 0.1) is 5.92 Å². The minimum absolute atomic E-state index is 0.217. The number of unbranched alkanes of at least 4 members (excludes halogenated alkanes) is 1. The third kappa shape index (κ3) is 3.07. The van der Waals surface area contributed by atoms with Crippen molar-refractivity contribution in [1.29, 1.82) is 0 Å². The summed E-state index contributed by atoms with van der Waals surface area (Å²) in [4.78, 5) is 16.8. The zero-order valence-electron chi connectivity index (χ0n) is 13.1. The SMILES string of the molecule is CCCCC1CCN(C(=O)N2CCc3ccccc32)CC1. The van der Waals surface area contributed by atoms with Crippen LogP contribution in [-0.2, 0) is 6.42 Å². The molecule has 3 heteroatoms. The first kappa shape index (κ1) is 14.4.